The van der Waals surface area contributed by atoms with E-state index in [0.29, 0.717) is 22.9 Å². The van der Waals surface area contributed by atoms with E-state index in [-0.39, 0.29) is 4.90 Å². The number of nitrogens with one attached hydrogen (secondary N) is 1. The molecule has 0 saturated carbocycles. The highest BCUT2D eigenvalue weighted by Gasteiger charge is 2.14. The van der Waals surface area contributed by atoms with Gasteiger partial charge in [-0.25, -0.2) is 8.42 Å². The van der Waals surface area contributed by atoms with E-state index >= 15 is 0 Å². The Balaban J connectivity index is 1.77. The van der Waals surface area contributed by atoms with Gasteiger partial charge in [0.2, 0.25) is 0 Å². The summed E-state index contributed by atoms with van der Waals surface area (Å²) in [4.78, 5) is 0.144. The third-order valence-corrected chi connectivity index (χ3v) is 4.65. The molecule has 0 aliphatic rings. The molecule has 0 aliphatic heterocycles. The van der Waals surface area contributed by atoms with E-state index in [2.05, 4.69) is 4.72 Å². The first-order valence-corrected chi connectivity index (χ1v) is 8.73. The van der Waals surface area contributed by atoms with Crippen LogP contribution in [-0.4, -0.2) is 8.42 Å². The second kappa shape index (κ2) is 6.64. The molecule has 0 unspecified atom stereocenters. The number of nitrogens with two attached hydrogens (primary N) is 1. The standard InChI is InChI=1S/C18H16N2O3S/c19-14-5-4-6-15(13-14)20-24(21,22)18-11-9-17(10-12-18)23-16-7-2-1-3-8-16/h1-13,20H,19H2. The number of nitrogen functional groups attached to an aromatic ring is 1. The zero-order valence-electron chi connectivity index (χ0n) is 12.7. The predicted molar refractivity (Wildman–Crippen MR) is 94.6 cm³/mol. The van der Waals surface area contributed by atoms with Gasteiger partial charge in [-0.05, 0) is 54.6 Å². The maximum Gasteiger partial charge on any atom is 0.261 e. The lowest BCUT2D eigenvalue weighted by atomic mass is 10.3. The first-order chi connectivity index (χ1) is 11.5. The summed E-state index contributed by atoms with van der Waals surface area (Å²) in [6.45, 7) is 0. The number of benzene rings is 3. The van der Waals surface area contributed by atoms with Crippen molar-refractivity contribution in [3.8, 4) is 11.5 Å². The lowest BCUT2D eigenvalue weighted by Gasteiger charge is -2.10. The number of rotatable bonds is 5. The van der Waals surface area contributed by atoms with Crippen LogP contribution in [0.5, 0.6) is 11.5 Å². The second-order valence-electron chi connectivity index (χ2n) is 5.12. The molecule has 0 spiro atoms. The topological polar surface area (TPSA) is 81.4 Å². The number of para-hydroxylation sites is 1. The summed E-state index contributed by atoms with van der Waals surface area (Å²) in [5.74, 6) is 1.25. The lowest BCUT2D eigenvalue weighted by Crippen LogP contribution is -2.12. The fourth-order valence-electron chi connectivity index (χ4n) is 2.13. The normalized spacial score (nSPS) is 11.0. The molecular formula is C18H16N2O3S. The number of hydrogen-bond donors (Lipinski definition) is 2. The van der Waals surface area contributed by atoms with E-state index in [9.17, 15) is 8.42 Å². The van der Waals surface area contributed by atoms with Crippen molar-refractivity contribution in [3.05, 3.63) is 78.9 Å². The largest absolute Gasteiger partial charge is 0.457 e. The molecule has 0 fully saturated rings. The van der Waals surface area contributed by atoms with Crippen LogP contribution in [0.1, 0.15) is 0 Å². The van der Waals surface area contributed by atoms with Crippen molar-refractivity contribution in [1.29, 1.82) is 0 Å². The smallest absolute Gasteiger partial charge is 0.261 e. The molecule has 3 rings (SSSR count). The van der Waals surface area contributed by atoms with Crippen LogP contribution in [0.3, 0.4) is 0 Å². The van der Waals surface area contributed by atoms with Gasteiger partial charge in [0.25, 0.3) is 10.0 Å². The van der Waals surface area contributed by atoms with E-state index in [1.807, 2.05) is 30.3 Å². The highest BCUT2D eigenvalue weighted by molar-refractivity contribution is 7.92. The fraction of sp³-hybridized carbons (Fsp3) is 0. The molecule has 0 radical (unpaired) electrons. The monoisotopic (exact) mass is 340 g/mol. The van der Waals surface area contributed by atoms with Crippen LogP contribution in [0.4, 0.5) is 11.4 Å². The molecule has 0 atom stereocenters. The minimum atomic E-state index is -3.68. The average molecular weight is 340 g/mol. The number of sulfonamides is 1. The van der Waals surface area contributed by atoms with Gasteiger partial charge in [-0.15, -0.1) is 0 Å². The zero-order chi connectivity index (χ0) is 17.0. The van der Waals surface area contributed by atoms with Crippen molar-refractivity contribution in [3.63, 3.8) is 0 Å². The van der Waals surface area contributed by atoms with Crippen LogP contribution in [0, 0.1) is 0 Å². The van der Waals surface area contributed by atoms with E-state index in [1.165, 1.54) is 12.1 Å². The predicted octanol–water partition coefficient (Wildman–Crippen LogP) is 3.86. The highest BCUT2D eigenvalue weighted by Crippen LogP contribution is 2.24. The van der Waals surface area contributed by atoms with Crippen LogP contribution in [0.15, 0.2) is 83.8 Å². The minimum absolute atomic E-state index is 0.144. The van der Waals surface area contributed by atoms with Crippen LogP contribution < -0.4 is 15.2 Å². The van der Waals surface area contributed by atoms with Gasteiger partial charge in [0.1, 0.15) is 11.5 Å². The van der Waals surface area contributed by atoms with Gasteiger partial charge < -0.3 is 10.5 Å². The molecule has 3 aromatic carbocycles. The number of ether oxygens (including phenoxy) is 1. The molecule has 0 amide bonds. The fourth-order valence-corrected chi connectivity index (χ4v) is 3.18. The lowest BCUT2D eigenvalue weighted by molar-refractivity contribution is 0.482. The molecule has 0 saturated heterocycles. The Morgan fingerprint density at radius 3 is 2.12 bits per heavy atom. The quantitative estimate of drug-likeness (QED) is 0.691. The van der Waals surface area contributed by atoms with Crippen molar-refractivity contribution in [1.82, 2.24) is 0 Å². The molecule has 3 aromatic rings. The highest BCUT2D eigenvalue weighted by atomic mass is 32.2. The average Bonchev–Trinajstić information content (AvgIpc) is 2.56. The Morgan fingerprint density at radius 1 is 0.792 bits per heavy atom. The Hall–Kier alpha value is -2.99. The summed E-state index contributed by atoms with van der Waals surface area (Å²) >= 11 is 0. The molecule has 122 valence electrons. The van der Waals surface area contributed by atoms with Gasteiger partial charge >= 0.3 is 0 Å². The minimum Gasteiger partial charge on any atom is -0.457 e. The molecule has 0 bridgehead atoms. The Morgan fingerprint density at radius 2 is 1.46 bits per heavy atom. The van der Waals surface area contributed by atoms with Crippen molar-refractivity contribution in [2.24, 2.45) is 0 Å². The van der Waals surface area contributed by atoms with E-state index < -0.39 is 10.0 Å². The molecular weight excluding hydrogens is 324 g/mol. The summed E-state index contributed by atoms with van der Waals surface area (Å²) in [5.41, 5.74) is 6.56. The Labute approximate surface area is 140 Å². The third-order valence-electron chi connectivity index (χ3n) is 3.25. The molecule has 6 heteroatoms. The first kappa shape index (κ1) is 15.9. The van der Waals surface area contributed by atoms with Gasteiger partial charge in [-0.1, -0.05) is 24.3 Å². The van der Waals surface area contributed by atoms with Crippen LogP contribution in [0.25, 0.3) is 0 Å². The SMILES string of the molecule is Nc1cccc(NS(=O)(=O)c2ccc(Oc3ccccc3)cc2)c1. The van der Waals surface area contributed by atoms with Gasteiger partial charge in [-0.2, -0.15) is 0 Å². The first-order valence-electron chi connectivity index (χ1n) is 7.24. The molecule has 0 heterocycles. The van der Waals surface area contributed by atoms with Gasteiger partial charge in [0, 0.05) is 5.69 Å². The van der Waals surface area contributed by atoms with Crippen LogP contribution in [0.2, 0.25) is 0 Å². The zero-order valence-corrected chi connectivity index (χ0v) is 13.5. The van der Waals surface area contributed by atoms with Crippen LogP contribution >= 0.6 is 0 Å². The third kappa shape index (κ3) is 3.85. The maximum atomic E-state index is 12.4. The molecule has 24 heavy (non-hydrogen) atoms. The maximum absolute atomic E-state index is 12.4. The van der Waals surface area contributed by atoms with Gasteiger partial charge in [0.05, 0.1) is 10.6 Å². The summed E-state index contributed by atoms with van der Waals surface area (Å²) < 4.78 is 32.9. The number of anilines is 2. The van der Waals surface area contributed by atoms with Gasteiger partial charge in [0.15, 0.2) is 0 Å². The van der Waals surface area contributed by atoms with Crippen molar-refractivity contribution in [2.75, 3.05) is 10.5 Å². The second-order valence-corrected chi connectivity index (χ2v) is 6.80. The van der Waals surface area contributed by atoms with E-state index in [4.69, 9.17) is 10.5 Å². The van der Waals surface area contributed by atoms with Crippen LogP contribution in [-0.2, 0) is 10.0 Å². The van der Waals surface area contributed by atoms with E-state index in [1.54, 1.807) is 36.4 Å². The summed E-state index contributed by atoms with van der Waals surface area (Å²) in [6.07, 6.45) is 0. The summed E-state index contributed by atoms with van der Waals surface area (Å²) in [6, 6.07) is 22.1. The van der Waals surface area contributed by atoms with Crippen molar-refractivity contribution < 1.29 is 13.2 Å². The molecule has 3 N–H and O–H groups in total. The summed E-state index contributed by atoms with van der Waals surface area (Å²) in [7, 11) is -3.68. The summed E-state index contributed by atoms with van der Waals surface area (Å²) in [5, 5.41) is 0. The molecule has 5 nitrogen and oxygen atoms in total. The Kier molecular flexibility index (Phi) is 4.39. The molecule has 0 aliphatic carbocycles. The Bertz CT molecular complexity index is 924. The molecule has 0 aromatic heterocycles. The van der Waals surface area contributed by atoms with E-state index in [0.717, 1.165) is 0 Å². The van der Waals surface area contributed by atoms with Crippen molar-refractivity contribution >= 4 is 21.4 Å². The number of hydrogen-bond acceptors (Lipinski definition) is 4. The van der Waals surface area contributed by atoms with Crippen molar-refractivity contribution in [2.45, 2.75) is 4.90 Å². The van der Waals surface area contributed by atoms with Gasteiger partial charge in [-0.3, -0.25) is 4.72 Å².